The van der Waals surface area contributed by atoms with Crippen molar-refractivity contribution in [3.63, 3.8) is 0 Å². The molecule has 10 heteroatoms. The SMILES string of the molecule is O=C(Cn1cc(Cc2cncnc2)c(=O)nc1SCc1ccc(F)cc1)NCCCCCCO. The number of carbonyl (C=O) groups is 1. The molecule has 0 atom stereocenters. The fraction of sp³-hybridized carbons (Fsp3) is 0.375. The average molecular weight is 486 g/mol. The number of rotatable bonds is 13. The number of unbranched alkanes of at least 4 members (excludes halogenated alkanes) is 3. The van der Waals surface area contributed by atoms with E-state index in [2.05, 4.69) is 20.3 Å². The zero-order valence-corrected chi connectivity index (χ0v) is 19.6. The lowest BCUT2D eigenvalue weighted by atomic mass is 10.1. The number of nitrogens with one attached hydrogen (secondary N) is 1. The fourth-order valence-corrected chi connectivity index (χ4v) is 4.19. The minimum Gasteiger partial charge on any atom is -0.396 e. The molecular weight excluding hydrogens is 457 g/mol. The largest absolute Gasteiger partial charge is 0.396 e. The monoisotopic (exact) mass is 485 g/mol. The molecule has 3 rings (SSSR count). The minimum absolute atomic E-state index is 0.0218. The smallest absolute Gasteiger partial charge is 0.277 e. The van der Waals surface area contributed by atoms with E-state index in [0.29, 0.717) is 29.4 Å². The molecule has 0 saturated heterocycles. The first-order valence-corrected chi connectivity index (χ1v) is 12.1. The zero-order chi connectivity index (χ0) is 24.2. The van der Waals surface area contributed by atoms with Crippen LogP contribution in [0.4, 0.5) is 4.39 Å². The molecule has 8 nitrogen and oxygen atoms in total. The van der Waals surface area contributed by atoms with Crippen molar-refractivity contribution in [1.82, 2.24) is 24.8 Å². The summed E-state index contributed by atoms with van der Waals surface area (Å²) in [5.74, 6) is -0.0123. The first-order chi connectivity index (χ1) is 16.5. The van der Waals surface area contributed by atoms with Gasteiger partial charge in [-0.3, -0.25) is 9.59 Å². The standard InChI is InChI=1S/C24H28FN5O3S/c25-21-7-5-18(6-8-21)16-34-24-29-23(33)20(11-19-12-26-17-27-13-19)14-30(24)15-22(32)28-9-3-1-2-4-10-31/h5-8,12-14,17,31H,1-4,9-11,15-16H2,(H,28,32). The van der Waals surface area contributed by atoms with Gasteiger partial charge < -0.3 is 15.0 Å². The fourth-order valence-electron chi connectivity index (χ4n) is 3.27. The van der Waals surface area contributed by atoms with Crippen molar-refractivity contribution in [1.29, 1.82) is 0 Å². The number of hydrogen-bond donors (Lipinski definition) is 2. The van der Waals surface area contributed by atoms with Crippen LogP contribution in [0.15, 0.2) is 59.1 Å². The molecule has 0 aliphatic carbocycles. The molecule has 0 fully saturated rings. The number of nitrogens with zero attached hydrogens (tertiary/aromatic N) is 4. The van der Waals surface area contributed by atoms with Crippen LogP contribution in [0.1, 0.15) is 42.4 Å². The van der Waals surface area contributed by atoms with Crippen LogP contribution in [0.2, 0.25) is 0 Å². The normalized spacial score (nSPS) is 10.9. The Kier molecular flexibility index (Phi) is 10.2. The first-order valence-electron chi connectivity index (χ1n) is 11.1. The van der Waals surface area contributed by atoms with Gasteiger partial charge in [-0.05, 0) is 36.1 Å². The summed E-state index contributed by atoms with van der Waals surface area (Å²) in [6.45, 7) is 0.750. The van der Waals surface area contributed by atoms with Crippen molar-refractivity contribution in [2.45, 2.75) is 49.6 Å². The maximum Gasteiger partial charge on any atom is 0.277 e. The number of halogens is 1. The summed E-state index contributed by atoms with van der Waals surface area (Å²) in [4.78, 5) is 37.5. The highest BCUT2D eigenvalue weighted by atomic mass is 32.2. The van der Waals surface area contributed by atoms with Gasteiger partial charge in [-0.1, -0.05) is 36.7 Å². The molecule has 0 unspecified atom stereocenters. The van der Waals surface area contributed by atoms with Crippen molar-refractivity contribution in [3.8, 4) is 0 Å². The maximum atomic E-state index is 13.2. The molecule has 0 spiro atoms. The van der Waals surface area contributed by atoms with Crippen LogP contribution in [0.5, 0.6) is 0 Å². The molecule has 1 amide bonds. The van der Waals surface area contributed by atoms with Crippen LogP contribution in [0, 0.1) is 5.82 Å². The molecular formula is C24H28FN5O3S. The number of aliphatic hydroxyl groups excluding tert-OH is 1. The van der Waals surface area contributed by atoms with Crippen LogP contribution in [0.3, 0.4) is 0 Å². The molecule has 0 aliphatic rings. The van der Waals surface area contributed by atoms with E-state index in [0.717, 1.165) is 36.8 Å². The number of benzene rings is 1. The summed E-state index contributed by atoms with van der Waals surface area (Å²) in [7, 11) is 0. The van der Waals surface area contributed by atoms with E-state index in [1.807, 2.05) is 0 Å². The molecule has 0 bridgehead atoms. The van der Waals surface area contributed by atoms with Crippen molar-refractivity contribution in [2.75, 3.05) is 13.2 Å². The van der Waals surface area contributed by atoms with Gasteiger partial charge in [-0.2, -0.15) is 4.98 Å². The predicted molar refractivity (Wildman–Crippen MR) is 128 cm³/mol. The third-order valence-electron chi connectivity index (χ3n) is 5.04. The quantitative estimate of drug-likeness (QED) is 0.218. The summed E-state index contributed by atoms with van der Waals surface area (Å²) < 4.78 is 14.9. The zero-order valence-electron chi connectivity index (χ0n) is 18.8. The number of hydrogen-bond acceptors (Lipinski definition) is 7. The summed E-state index contributed by atoms with van der Waals surface area (Å²) in [5, 5.41) is 12.2. The van der Waals surface area contributed by atoms with Gasteiger partial charge in [0.2, 0.25) is 5.91 Å². The second kappa shape index (κ2) is 13.6. The lowest BCUT2D eigenvalue weighted by Gasteiger charge is -2.14. The molecule has 0 saturated carbocycles. The Morgan fingerprint density at radius 1 is 1.06 bits per heavy atom. The lowest BCUT2D eigenvalue weighted by molar-refractivity contribution is -0.121. The highest BCUT2D eigenvalue weighted by Crippen LogP contribution is 2.21. The van der Waals surface area contributed by atoms with Crippen molar-refractivity contribution in [3.05, 3.63) is 82.0 Å². The van der Waals surface area contributed by atoms with E-state index in [9.17, 15) is 14.0 Å². The summed E-state index contributed by atoms with van der Waals surface area (Å²) in [6, 6.07) is 6.13. The minimum atomic E-state index is -0.369. The van der Waals surface area contributed by atoms with Crippen molar-refractivity contribution < 1.29 is 14.3 Å². The van der Waals surface area contributed by atoms with E-state index in [-0.39, 0.29) is 30.4 Å². The first kappa shape index (κ1) is 25.5. The van der Waals surface area contributed by atoms with Gasteiger partial charge in [0.1, 0.15) is 18.7 Å². The molecule has 2 heterocycles. The van der Waals surface area contributed by atoms with Crippen molar-refractivity contribution in [2.24, 2.45) is 0 Å². The average Bonchev–Trinajstić information content (AvgIpc) is 2.84. The molecule has 0 radical (unpaired) electrons. The van der Waals surface area contributed by atoms with Gasteiger partial charge >= 0.3 is 0 Å². The van der Waals surface area contributed by atoms with Gasteiger partial charge in [-0.15, -0.1) is 0 Å². The molecule has 0 aliphatic heterocycles. The summed E-state index contributed by atoms with van der Waals surface area (Å²) in [5.41, 5.74) is 1.72. The number of thioether (sulfide) groups is 1. The Morgan fingerprint density at radius 3 is 2.53 bits per heavy atom. The van der Waals surface area contributed by atoms with Crippen LogP contribution < -0.4 is 10.9 Å². The second-order valence-electron chi connectivity index (χ2n) is 7.81. The molecule has 3 aromatic rings. The number of amides is 1. The van der Waals surface area contributed by atoms with E-state index in [1.54, 1.807) is 35.3 Å². The molecule has 180 valence electrons. The van der Waals surface area contributed by atoms with Gasteiger partial charge in [0.25, 0.3) is 5.56 Å². The topological polar surface area (TPSA) is 110 Å². The van der Waals surface area contributed by atoms with Gasteiger partial charge in [0, 0.05) is 49.5 Å². The number of carbonyl (C=O) groups excluding carboxylic acids is 1. The number of aromatic nitrogens is 4. The number of aliphatic hydroxyl groups is 1. The van der Waals surface area contributed by atoms with E-state index >= 15 is 0 Å². The van der Waals surface area contributed by atoms with E-state index < -0.39 is 0 Å². The third kappa shape index (κ3) is 8.35. The van der Waals surface area contributed by atoms with Gasteiger partial charge in [-0.25, -0.2) is 14.4 Å². The summed E-state index contributed by atoms with van der Waals surface area (Å²) in [6.07, 6.45) is 10.1. The lowest BCUT2D eigenvalue weighted by Crippen LogP contribution is -2.30. The maximum absolute atomic E-state index is 13.2. The Morgan fingerprint density at radius 2 is 1.79 bits per heavy atom. The third-order valence-corrected chi connectivity index (χ3v) is 6.10. The van der Waals surface area contributed by atoms with Gasteiger partial charge in [0.15, 0.2) is 5.16 Å². The van der Waals surface area contributed by atoms with Crippen LogP contribution >= 0.6 is 11.8 Å². The van der Waals surface area contributed by atoms with Crippen molar-refractivity contribution >= 4 is 17.7 Å². The molecule has 1 aromatic carbocycles. The van der Waals surface area contributed by atoms with Gasteiger partial charge in [0.05, 0.1) is 0 Å². The predicted octanol–water partition coefficient (Wildman–Crippen LogP) is 2.72. The molecule has 2 aromatic heterocycles. The second-order valence-corrected chi connectivity index (χ2v) is 8.75. The van der Waals surface area contributed by atoms with E-state index in [4.69, 9.17) is 5.11 Å². The van der Waals surface area contributed by atoms with Crippen LogP contribution in [-0.2, 0) is 23.5 Å². The highest BCUT2D eigenvalue weighted by molar-refractivity contribution is 7.98. The van der Waals surface area contributed by atoms with Crippen LogP contribution in [0.25, 0.3) is 0 Å². The Labute approximate surface area is 201 Å². The molecule has 34 heavy (non-hydrogen) atoms. The Hall–Kier alpha value is -3.11. The van der Waals surface area contributed by atoms with E-state index in [1.165, 1.54) is 30.2 Å². The Bertz CT molecular complexity index is 1110. The molecule has 2 N–H and O–H groups in total. The van der Waals surface area contributed by atoms with Crippen LogP contribution in [-0.4, -0.2) is 43.7 Å². The Balaban J connectivity index is 1.72. The summed E-state index contributed by atoms with van der Waals surface area (Å²) >= 11 is 1.32. The highest BCUT2D eigenvalue weighted by Gasteiger charge is 2.13.